The maximum absolute atomic E-state index is 12.2. The van der Waals surface area contributed by atoms with E-state index in [4.69, 9.17) is 9.47 Å². The van der Waals surface area contributed by atoms with Crippen molar-refractivity contribution in [1.29, 1.82) is 0 Å². The minimum absolute atomic E-state index is 0.130. The quantitative estimate of drug-likeness (QED) is 0.0891. The highest BCUT2D eigenvalue weighted by molar-refractivity contribution is 7.99. The molecule has 1 aliphatic heterocycles. The molecule has 13 nitrogen and oxygen atoms in total. The lowest BCUT2D eigenvalue weighted by molar-refractivity contribution is -0.326. The minimum atomic E-state index is -2.09. The average molecular weight is 516 g/mol. The number of carbonyl (C=O) groups excluding carboxylic acids is 2. The number of aliphatic hydroxyl groups excluding tert-OH is 8. The van der Waals surface area contributed by atoms with Gasteiger partial charge in [0, 0.05) is 18.7 Å². The van der Waals surface area contributed by atoms with Crippen LogP contribution in [-0.2, 0) is 19.1 Å². The minimum Gasteiger partial charge on any atom is -0.394 e. The van der Waals surface area contributed by atoms with Crippen molar-refractivity contribution in [3.63, 3.8) is 0 Å². The number of ketones is 1. The first-order chi connectivity index (χ1) is 16.0. The summed E-state index contributed by atoms with van der Waals surface area (Å²) < 4.78 is 10.4. The molecule has 1 fully saturated rings. The summed E-state index contributed by atoms with van der Waals surface area (Å²) in [5.41, 5.74) is 0. The van der Waals surface area contributed by atoms with E-state index in [2.05, 4.69) is 5.32 Å². The Morgan fingerprint density at radius 1 is 1.03 bits per heavy atom. The highest BCUT2D eigenvalue weighted by Crippen LogP contribution is 2.25. The van der Waals surface area contributed by atoms with Gasteiger partial charge in [-0.1, -0.05) is 0 Å². The van der Waals surface area contributed by atoms with E-state index in [9.17, 15) is 50.4 Å². The lowest BCUT2D eigenvalue weighted by atomic mass is 9.98. The molecule has 34 heavy (non-hydrogen) atoms. The van der Waals surface area contributed by atoms with Gasteiger partial charge in [0.25, 0.3) is 5.91 Å². The molecule has 0 radical (unpaired) electrons. The molecule has 1 saturated heterocycles. The highest BCUT2D eigenvalue weighted by Gasteiger charge is 2.47. The number of hydrogen-bond donors (Lipinski definition) is 9. The summed E-state index contributed by atoms with van der Waals surface area (Å²) in [6, 6.07) is 0. The monoisotopic (exact) mass is 515 g/mol. The van der Waals surface area contributed by atoms with Crippen molar-refractivity contribution in [2.75, 3.05) is 31.3 Å². The van der Waals surface area contributed by atoms with Crippen LogP contribution in [0.1, 0.15) is 26.2 Å². The Balaban J connectivity index is 2.60. The van der Waals surface area contributed by atoms with Crippen LogP contribution in [-0.4, -0.2) is 139 Å². The van der Waals surface area contributed by atoms with Gasteiger partial charge in [-0.2, -0.15) is 11.8 Å². The maximum Gasteiger partial charge on any atom is 0.251 e. The summed E-state index contributed by atoms with van der Waals surface area (Å²) in [5, 5.41) is 81.3. The second-order valence-corrected chi connectivity index (χ2v) is 9.27. The summed E-state index contributed by atoms with van der Waals surface area (Å²) in [7, 11) is 0. The molecule has 1 rings (SSSR count). The van der Waals surface area contributed by atoms with Crippen LogP contribution in [0.2, 0.25) is 0 Å². The van der Waals surface area contributed by atoms with E-state index in [0.29, 0.717) is 12.2 Å². The Morgan fingerprint density at radius 3 is 2.29 bits per heavy atom. The standard InChI is InChI=1S/C20H37NO12S/c1-10(24)4-2-3-6-34-7-5-21-19(31)16(29)15(28)18(11(25)8-22)33-20-17(30)14(27)13(26)12(9-23)32-20/h11-18,20,22-23,25-30H,2-9H2,1H3,(H,21,31)/t11?,12?,13?,14?,15?,16-,17?,18?,20?/m0/s1. The fraction of sp³-hybridized carbons (Fsp3) is 0.900. The first-order valence-electron chi connectivity index (χ1n) is 11.0. The molecule has 9 N–H and O–H groups in total. The van der Waals surface area contributed by atoms with Crippen LogP contribution in [0.5, 0.6) is 0 Å². The van der Waals surface area contributed by atoms with Crippen LogP contribution in [0.4, 0.5) is 0 Å². The van der Waals surface area contributed by atoms with Crippen molar-refractivity contribution in [2.45, 2.75) is 81.3 Å². The van der Waals surface area contributed by atoms with Gasteiger partial charge in [-0.3, -0.25) is 4.79 Å². The number of carbonyl (C=O) groups is 2. The van der Waals surface area contributed by atoms with Crippen LogP contribution in [0, 0.1) is 0 Å². The SMILES string of the molecule is CC(=O)CCCCSCCNC(=O)[C@@H](O)C(O)C(OC1OC(CO)C(O)C(O)C1O)C(O)CO. The number of unbranched alkanes of at least 4 members (excludes halogenated alkanes) is 1. The van der Waals surface area contributed by atoms with Crippen LogP contribution >= 0.6 is 11.8 Å². The number of amides is 1. The van der Waals surface area contributed by atoms with E-state index in [0.717, 1.165) is 18.6 Å². The molecule has 1 heterocycles. The van der Waals surface area contributed by atoms with Crippen LogP contribution in [0.15, 0.2) is 0 Å². The Hall–Kier alpha value is -0.910. The van der Waals surface area contributed by atoms with Crippen molar-refractivity contribution in [3.8, 4) is 0 Å². The number of rotatable bonds is 16. The lowest BCUT2D eigenvalue weighted by Gasteiger charge is -2.42. The van der Waals surface area contributed by atoms with Gasteiger partial charge in [-0.15, -0.1) is 0 Å². The van der Waals surface area contributed by atoms with Crippen molar-refractivity contribution in [2.24, 2.45) is 0 Å². The number of aliphatic hydroxyl groups is 8. The normalized spacial score (nSPS) is 28.7. The Labute approximate surface area is 201 Å². The number of ether oxygens (including phenoxy) is 2. The second-order valence-electron chi connectivity index (χ2n) is 8.05. The number of Topliss-reactive ketones (excluding diaryl/α,β-unsaturated/α-hetero) is 1. The molecular formula is C20H37NO12S. The smallest absolute Gasteiger partial charge is 0.251 e. The number of nitrogens with one attached hydrogen (secondary N) is 1. The number of thioether (sulfide) groups is 1. The topological polar surface area (TPSA) is 226 Å². The van der Waals surface area contributed by atoms with Crippen molar-refractivity contribution < 1.29 is 59.9 Å². The van der Waals surface area contributed by atoms with E-state index in [1.54, 1.807) is 0 Å². The molecule has 0 saturated carbocycles. The van der Waals surface area contributed by atoms with Gasteiger partial charge in [0.15, 0.2) is 12.4 Å². The molecule has 14 heteroatoms. The predicted molar refractivity (Wildman–Crippen MR) is 119 cm³/mol. The predicted octanol–water partition coefficient (Wildman–Crippen LogP) is -4.14. The molecule has 9 atom stereocenters. The molecule has 0 spiro atoms. The van der Waals surface area contributed by atoms with E-state index in [-0.39, 0.29) is 12.3 Å². The van der Waals surface area contributed by atoms with Crippen molar-refractivity contribution in [3.05, 3.63) is 0 Å². The third-order valence-electron chi connectivity index (χ3n) is 5.25. The summed E-state index contributed by atoms with van der Waals surface area (Å²) in [6.07, 6.45) is -14.1. The lowest BCUT2D eigenvalue weighted by Crippen LogP contribution is -2.62. The van der Waals surface area contributed by atoms with Gasteiger partial charge in [-0.25, -0.2) is 0 Å². The van der Waals surface area contributed by atoms with E-state index in [1.807, 2.05) is 0 Å². The van der Waals surface area contributed by atoms with Crippen molar-refractivity contribution in [1.82, 2.24) is 5.32 Å². The zero-order valence-corrected chi connectivity index (χ0v) is 19.8. The third-order valence-corrected chi connectivity index (χ3v) is 6.32. The molecule has 0 aromatic carbocycles. The maximum atomic E-state index is 12.2. The Morgan fingerprint density at radius 2 is 1.71 bits per heavy atom. The summed E-state index contributed by atoms with van der Waals surface area (Å²) >= 11 is 1.53. The largest absolute Gasteiger partial charge is 0.394 e. The molecule has 0 aromatic heterocycles. The Kier molecular flexibility index (Phi) is 14.6. The van der Waals surface area contributed by atoms with E-state index < -0.39 is 74.2 Å². The Bertz CT molecular complexity index is 612. The van der Waals surface area contributed by atoms with Gasteiger partial charge in [-0.05, 0) is 25.5 Å². The zero-order valence-electron chi connectivity index (χ0n) is 19.0. The molecule has 8 unspecified atom stereocenters. The van der Waals surface area contributed by atoms with E-state index in [1.165, 1.54) is 18.7 Å². The molecule has 1 amide bonds. The fourth-order valence-electron chi connectivity index (χ4n) is 3.20. The molecule has 0 bridgehead atoms. The molecular weight excluding hydrogens is 478 g/mol. The molecule has 0 aliphatic carbocycles. The van der Waals surface area contributed by atoms with Crippen molar-refractivity contribution >= 4 is 23.5 Å². The number of hydrogen-bond acceptors (Lipinski definition) is 13. The zero-order chi connectivity index (χ0) is 25.8. The van der Waals surface area contributed by atoms with Gasteiger partial charge in [0.05, 0.1) is 13.2 Å². The average Bonchev–Trinajstić information content (AvgIpc) is 2.82. The summed E-state index contributed by atoms with van der Waals surface area (Å²) in [4.78, 5) is 23.1. The van der Waals surface area contributed by atoms with Crippen LogP contribution < -0.4 is 5.32 Å². The molecule has 1 aliphatic rings. The fourth-order valence-corrected chi connectivity index (χ4v) is 4.06. The van der Waals surface area contributed by atoms with Gasteiger partial charge in [0.1, 0.15) is 48.5 Å². The van der Waals surface area contributed by atoms with Gasteiger partial charge in [0.2, 0.25) is 0 Å². The first kappa shape index (κ1) is 31.1. The molecule has 200 valence electrons. The van der Waals surface area contributed by atoms with Crippen LogP contribution in [0.25, 0.3) is 0 Å². The first-order valence-corrected chi connectivity index (χ1v) is 12.2. The van der Waals surface area contributed by atoms with Gasteiger partial charge >= 0.3 is 0 Å². The summed E-state index contributed by atoms with van der Waals surface area (Å²) in [6.45, 7) is -0.00364. The van der Waals surface area contributed by atoms with Gasteiger partial charge < -0.3 is 60.4 Å². The third kappa shape index (κ3) is 9.62. The molecule has 0 aromatic rings. The highest BCUT2D eigenvalue weighted by atomic mass is 32.2. The second kappa shape index (κ2) is 16.0. The summed E-state index contributed by atoms with van der Waals surface area (Å²) in [5.74, 6) is 0.451. The van der Waals surface area contributed by atoms with Crippen LogP contribution in [0.3, 0.4) is 0 Å². The van der Waals surface area contributed by atoms with E-state index >= 15 is 0 Å².